The van der Waals surface area contributed by atoms with Crippen molar-refractivity contribution < 1.29 is 9.59 Å². The number of Topliss-reactive ketones (excluding diaryl/α,β-unsaturated/α-hetero) is 1. The zero-order valence-electron chi connectivity index (χ0n) is 5.60. The van der Waals surface area contributed by atoms with Crippen LogP contribution < -0.4 is 0 Å². The van der Waals surface area contributed by atoms with E-state index in [0.717, 1.165) is 19.3 Å². The second-order valence-electron chi connectivity index (χ2n) is 2.57. The van der Waals surface area contributed by atoms with Crippen LogP contribution in [0.3, 0.4) is 0 Å². The van der Waals surface area contributed by atoms with Gasteiger partial charge < -0.3 is 0 Å². The number of hydrogen-bond donors (Lipinski definition) is 0. The zero-order valence-corrected chi connectivity index (χ0v) is 7.76. The first-order chi connectivity index (χ1) is 4.72. The predicted molar refractivity (Wildman–Crippen MR) is 46.0 cm³/mol. The Balaban J connectivity index is 2.56. The summed E-state index contributed by atoms with van der Waals surface area (Å²) in [6, 6.07) is 0. The molecule has 1 saturated carbocycles. The van der Waals surface area contributed by atoms with Crippen molar-refractivity contribution in [2.45, 2.75) is 25.7 Å². The van der Waals surface area contributed by atoms with E-state index in [0.29, 0.717) is 6.42 Å². The molecule has 56 valence electrons. The maximum absolute atomic E-state index is 11.0. The zero-order chi connectivity index (χ0) is 7.56. The molecule has 2 nitrogen and oxygen atoms in total. The number of hydrogen-bond acceptors (Lipinski definition) is 2. The second-order valence-corrected chi connectivity index (χ2v) is 3.63. The van der Waals surface area contributed by atoms with Gasteiger partial charge >= 0.3 is 0 Å². The number of rotatable bonds is 1. The fraction of sp³-hybridized carbons (Fsp3) is 0.714. The third-order valence-electron chi connectivity index (χ3n) is 1.83. The Labute approximate surface area is 73.5 Å². The van der Waals surface area contributed by atoms with E-state index in [9.17, 15) is 9.59 Å². The van der Waals surface area contributed by atoms with Crippen molar-refractivity contribution in [2.24, 2.45) is 5.92 Å². The summed E-state index contributed by atoms with van der Waals surface area (Å²) in [5.74, 6) is -0.125. The molecule has 0 amide bonds. The van der Waals surface area contributed by atoms with E-state index in [-0.39, 0.29) is 15.5 Å². The van der Waals surface area contributed by atoms with Crippen molar-refractivity contribution in [3.63, 3.8) is 0 Å². The molecule has 0 aliphatic heterocycles. The van der Waals surface area contributed by atoms with Gasteiger partial charge in [-0.3, -0.25) is 9.59 Å². The molecule has 0 aromatic heterocycles. The highest BCUT2D eigenvalue weighted by atomic mass is 127. The van der Waals surface area contributed by atoms with Crippen LogP contribution in [-0.4, -0.2) is 9.57 Å². The van der Waals surface area contributed by atoms with Gasteiger partial charge in [-0.05, 0) is 12.8 Å². The average molecular weight is 252 g/mol. The van der Waals surface area contributed by atoms with Gasteiger partial charge in [-0.15, -0.1) is 0 Å². The Morgan fingerprint density at radius 1 is 1.50 bits per heavy atom. The van der Waals surface area contributed by atoms with Gasteiger partial charge in [-0.25, -0.2) is 0 Å². The van der Waals surface area contributed by atoms with Gasteiger partial charge in [-0.1, -0.05) is 6.42 Å². The van der Waals surface area contributed by atoms with Crippen LogP contribution in [0.25, 0.3) is 0 Å². The summed E-state index contributed by atoms with van der Waals surface area (Å²) < 4.78 is 0.0160. The van der Waals surface area contributed by atoms with E-state index >= 15 is 0 Å². The first kappa shape index (κ1) is 8.17. The van der Waals surface area contributed by atoms with Gasteiger partial charge in [0.05, 0.1) is 5.92 Å². The van der Waals surface area contributed by atoms with Crippen LogP contribution in [0.2, 0.25) is 0 Å². The van der Waals surface area contributed by atoms with Crippen LogP contribution >= 0.6 is 22.6 Å². The average Bonchev–Trinajstić information content (AvgIpc) is 1.88. The lowest BCUT2D eigenvalue weighted by molar-refractivity contribution is -0.129. The first-order valence-electron chi connectivity index (χ1n) is 3.44. The highest BCUT2D eigenvalue weighted by Gasteiger charge is 2.26. The van der Waals surface area contributed by atoms with E-state index in [1.54, 1.807) is 22.6 Å². The fourth-order valence-electron chi connectivity index (χ4n) is 1.22. The van der Waals surface area contributed by atoms with Crippen molar-refractivity contribution in [3.8, 4) is 0 Å². The molecule has 0 aromatic carbocycles. The molecule has 10 heavy (non-hydrogen) atoms. The molecule has 1 aliphatic rings. The molecule has 0 spiro atoms. The topological polar surface area (TPSA) is 34.1 Å². The molecular formula is C7H9IO2. The lowest BCUT2D eigenvalue weighted by Gasteiger charge is -2.15. The number of carbonyl (C=O) groups excluding carboxylic acids is 2. The van der Waals surface area contributed by atoms with Gasteiger partial charge in [0.15, 0.2) is 0 Å². The van der Waals surface area contributed by atoms with Crippen LogP contribution in [0, 0.1) is 5.92 Å². The lowest BCUT2D eigenvalue weighted by atomic mass is 9.89. The van der Waals surface area contributed by atoms with Gasteiger partial charge in [-0.2, -0.15) is 0 Å². The fourth-order valence-corrected chi connectivity index (χ4v) is 1.88. The molecule has 0 saturated heterocycles. The van der Waals surface area contributed by atoms with E-state index in [1.807, 2.05) is 0 Å². The van der Waals surface area contributed by atoms with Crippen molar-refractivity contribution in [1.82, 2.24) is 0 Å². The quantitative estimate of drug-likeness (QED) is 0.404. The van der Waals surface area contributed by atoms with E-state index in [2.05, 4.69) is 0 Å². The largest absolute Gasteiger partial charge is 0.299 e. The lowest BCUT2D eigenvalue weighted by Crippen LogP contribution is -2.23. The summed E-state index contributed by atoms with van der Waals surface area (Å²) in [5.41, 5.74) is 0. The van der Waals surface area contributed by atoms with Crippen LogP contribution in [0.1, 0.15) is 25.7 Å². The summed E-state index contributed by atoms with van der Waals surface area (Å²) in [6.45, 7) is 0. The second kappa shape index (κ2) is 3.46. The molecule has 0 radical (unpaired) electrons. The Bertz CT molecular complexity index is 165. The highest BCUT2D eigenvalue weighted by Crippen LogP contribution is 2.22. The molecule has 0 aromatic rings. The SMILES string of the molecule is O=C(I)C1CCCCC1=O. The highest BCUT2D eigenvalue weighted by molar-refractivity contribution is 14.1. The predicted octanol–water partition coefficient (Wildman–Crippen LogP) is 1.71. The first-order valence-corrected chi connectivity index (χ1v) is 4.52. The van der Waals surface area contributed by atoms with E-state index < -0.39 is 0 Å². The maximum atomic E-state index is 11.0. The molecule has 0 N–H and O–H groups in total. The van der Waals surface area contributed by atoms with Crippen LogP contribution in [0.15, 0.2) is 0 Å². The minimum absolute atomic E-state index is 0.0160. The Morgan fingerprint density at radius 3 is 2.60 bits per heavy atom. The smallest absolute Gasteiger partial charge is 0.202 e. The Kier molecular flexibility index (Phi) is 2.82. The van der Waals surface area contributed by atoms with E-state index in [1.165, 1.54) is 0 Å². The van der Waals surface area contributed by atoms with Crippen molar-refractivity contribution in [1.29, 1.82) is 0 Å². The van der Waals surface area contributed by atoms with Crippen LogP contribution in [-0.2, 0) is 9.59 Å². The third-order valence-corrected chi connectivity index (χ3v) is 2.58. The summed E-state index contributed by atoms with van der Waals surface area (Å²) in [4.78, 5) is 21.8. The van der Waals surface area contributed by atoms with Gasteiger partial charge in [0.1, 0.15) is 5.78 Å². The van der Waals surface area contributed by atoms with Crippen molar-refractivity contribution in [3.05, 3.63) is 0 Å². The van der Waals surface area contributed by atoms with E-state index in [4.69, 9.17) is 0 Å². The summed E-state index contributed by atoms with van der Waals surface area (Å²) in [7, 11) is 0. The number of carbonyl (C=O) groups is 2. The standard InChI is InChI=1S/C7H9IO2/c8-7(10)5-3-1-2-4-6(5)9/h5H,1-4H2. The molecule has 0 heterocycles. The summed E-state index contributed by atoms with van der Waals surface area (Å²) in [5, 5.41) is 0. The minimum Gasteiger partial charge on any atom is -0.299 e. The monoisotopic (exact) mass is 252 g/mol. The van der Waals surface area contributed by atoms with Gasteiger partial charge in [0.25, 0.3) is 0 Å². The minimum atomic E-state index is -0.269. The summed E-state index contributed by atoms with van der Waals surface area (Å²) in [6.07, 6.45) is 3.39. The number of halogens is 1. The third kappa shape index (κ3) is 1.78. The molecule has 1 fully saturated rings. The summed E-state index contributed by atoms with van der Waals surface area (Å²) >= 11 is 1.72. The Morgan fingerprint density at radius 2 is 2.20 bits per heavy atom. The van der Waals surface area contributed by atoms with Crippen LogP contribution in [0.5, 0.6) is 0 Å². The molecule has 1 rings (SSSR count). The van der Waals surface area contributed by atoms with Gasteiger partial charge in [0.2, 0.25) is 3.79 Å². The number of ketones is 1. The van der Waals surface area contributed by atoms with Crippen molar-refractivity contribution >= 4 is 32.2 Å². The molecule has 1 aliphatic carbocycles. The van der Waals surface area contributed by atoms with Crippen molar-refractivity contribution in [2.75, 3.05) is 0 Å². The maximum Gasteiger partial charge on any atom is 0.202 e. The van der Waals surface area contributed by atoms with Gasteiger partial charge in [0, 0.05) is 29.0 Å². The van der Waals surface area contributed by atoms with Crippen LogP contribution in [0.4, 0.5) is 0 Å². The molecule has 1 unspecified atom stereocenters. The molecule has 0 bridgehead atoms. The Hall–Kier alpha value is 0.0700. The molecule has 3 heteroatoms. The molecule has 1 atom stereocenters. The molecular weight excluding hydrogens is 243 g/mol. The normalized spacial score (nSPS) is 26.5.